The zero-order valence-corrected chi connectivity index (χ0v) is 13.4. The van der Waals surface area contributed by atoms with E-state index in [1.807, 2.05) is 13.0 Å². The van der Waals surface area contributed by atoms with Gasteiger partial charge in [0.15, 0.2) is 4.34 Å². The van der Waals surface area contributed by atoms with Crippen molar-refractivity contribution in [1.82, 2.24) is 14.7 Å². The number of aromatic nitrogens is 2. The van der Waals surface area contributed by atoms with Gasteiger partial charge in [-0.2, -0.15) is 4.37 Å². The van der Waals surface area contributed by atoms with Gasteiger partial charge in [0, 0.05) is 10.9 Å². The highest BCUT2D eigenvalue weighted by atomic mass is 32.2. The van der Waals surface area contributed by atoms with Gasteiger partial charge in [0.25, 0.3) is 0 Å². The summed E-state index contributed by atoms with van der Waals surface area (Å²) in [6.07, 6.45) is 1.05. The lowest BCUT2D eigenvalue weighted by atomic mass is 10.1. The summed E-state index contributed by atoms with van der Waals surface area (Å²) in [4.78, 5) is 5.37. The van der Waals surface area contributed by atoms with Crippen molar-refractivity contribution in [2.45, 2.75) is 42.5 Å². The Kier molecular flexibility index (Phi) is 5.51. The summed E-state index contributed by atoms with van der Waals surface area (Å²) in [6.45, 7) is 6.96. The van der Waals surface area contributed by atoms with Gasteiger partial charge in [-0.1, -0.05) is 18.7 Å². The fraction of sp³-hybridized carbons (Fsp3) is 0.429. The molecule has 0 saturated carbocycles. The predicted octanol–water partition coefficient (Wildman–Crippen LogP) is 4.20. The molecule has 0 aliphatic rings. The second kappa shape index (κ2) is 7.15. The molecule has 0 spiro atoms. The van der Waals surface area contributed by atoms with Crippen molar-refractivity contribution in [3.05, 3.63) is 35.4 Å². The molecule has 108 valence electrons. The summed E-state index contributed by atoms with van der Waals surface area (Å²) in [5.74, 6) is 0.571. The quantitative estimate of drug-likeness (QED) is 0.867. The van der Waals surface area contributed by atoms with E-state index in [-0.39, 0.29) is 11.9 Å². The average molecular weight is 311 g/mol. The van der Waals surface area contributed by atoms with E-state index in [0.717, 1.165) is 33.6 Å². The molecule has 1 heterocycles. The Hall–Kier alpha value is -0.980. The van der Waals surface area contributed by atoms with Crippen molar-refractivity contribution < 1.29 is 4.39 Å². The molecular formula is C14H18FN3S2. The van der Waals surface area contributed by atoms with Crippen LogP contribution in [0, 0.1) is 12.7 Å². The second-order valence-electron chi connectivity index (χ2n) is 4.57. The Balaban J connectivity index is 2.23. The van der Waals surface area contributed by atoms with Gasteiger partial charge in [0.2, 0.25) is 0 Å². The van der Waals surface area contributed by atoms with E-state index < -0.39 is 0 Å². The molecule has 0 fully saturated rings. The molecule has 0 aliphatic heterocycles. The van der Waals surface area contributed by atoms with Gasteiger partial charge in [0.1, 0.15) is 11.6 Å². The molecule has 6 heteroatoms. The normalized spacial score (nSPS) is 12.6. The number of aryl methyl sites for hydroxylation is 1. The molecule has 1 atom stereocenters. The maximum absolute atomic E-state index is 13.5. The summed E-state index contributed by atoms with van der Waals surface area (Å²) in [7, 11) is 0. The highest BCUT2D eigenvalue weighted by molar-refractivity contribution is 8.01. The summed E-state index contributed by atoms with van der Waals surface area (Å²) >= 11 is 2.92. The highest BCUT2D eigenvalue weighted by Gasteiger charge is 2.14. The first-order valence-electron chi connectivity index (χ1n) is 6.61. The summed E-state index contributed by atoms with van der Waals surface area (Å²) in [5.41, 5.74) is 0.969. The van der Waals surface area contributed by atoms with E-state index in [0.29, 0.717) is 0 Å². The molecular weight excluding hydrogens is 293 g/mol. The number of hydrogen-bond acceptors (Lipinski definition) is 5. The van der Waals surface area contributed by atoms with E-state index in [9.17, 15) is 4.39 Å². The van der Waals surface area contributed by atoms with Crippen LogP contribution in [0.1, 0.15) is 37.7 Å². The first-order valence-corrected chi connectivity index (χ1v) is 8.20. The molecule has 0 aliphatic carbocycles. The molecule has 0 radical (unpaired) electrons. The minimum atomic E-state index is -0.206. The summed E-state index contributed by atoms with van der Waals surface area (Å²) in [5, 5.41) is 3.39. The van der Waals surface area contributed by atoms with Gasteiger partial charge in [-0.05, 0) is 62.1 Å². The molecule has 20 heavy (non-hydrogen) atoms. The van der Waals surface area contributed by atoms with Crippen LogP contribution in [0.15, 0.2) is 27.4 Å². The van der Waals surface area contributed by atoms with Crippen molar-refractivity contribution in [3.63, 3.8) is 0 Å². The second-order valence-corrected chi connectivity index (χ2v) is 6.61. The van der Waals surface area contributed by atoms with E-state index in [4.69, 9.17) is 0 Å². The Morgan fingerprint density at radius 2 is 2.25 bits per heavy atom. The molecule has 0 saturated heterocycles. The molecule has 1 aromatic carbocycles. The lowest BCUT2D eigenvalue weighted by molar-refractivity contribution is 0.554. The van der Waals surface area contributed by atoms with E-state index in [1.165, 1.54) is 17.6 Å². The Morgan fingerprint density at radius 3 is 2.90 bits per heavy atom. The smallest absolute Gasteiger partial charge is 0.174 e. The van der Waals surface area contributed by atoms with Gasteiger partial charge in [-0.3, -0.25) is 0 Å². The fourth-order valence-corrected chi connectivity index (χ4v) is 3.64. The Bertz CT molecular complexity index is 571. The van der Waals surface area contributed by atoms with Gasteiger partial charge < -0.3 is 5.32 Å². The number of nitrogens with one attached hydrogen (secondary N) is 1. The first kappa shape index (κ1) is 15.4. The zero-order valence-electron chi connectivity index (χ0n) is 11.8. The van der Waals surface area contributed by atoms with Crippen molar-refractivity contribution in [2.75, 3.05) is 6.54 Å². The largest absolute Gasteiger partial charge is 0.310 e. The van der Waals surface area contributed by atoms with E-state index in [2.05, 4.69) is 28.5 Å². The number of nitrogens with zero attached hydrogens (tertiary/aromatic N) is 2. The van der Waals surface area contributed by atoms with Crippen LogP contribution in [0.4, 0.5) is 4.39 Å². The molecule has 2 aromatic rings. The van der Waals surface area contributed by atoms with Crippen molar-refractivity contribution >= 4 is 23.3 Å². The standard InChI is InChI=1S/C14H18FN3S2/c1-4-7-16-9(2)12-8-11(15)5-6-13(12)19-14-17-10(3)18-20-14/h5-6,8-9,16H,4,7H2,1-3H3. The van der Waals surface area contributed by atoms with Crippen LogP contribution < -0.4 is 5.32 Å². The fourth-order valence-electron chi connectivity index (χ4n) is 1.84. The molecule has 1 aromatic heterocycles. The topological polar surface area (TPSA) is 37.8 Å². The lowest BCUT2D eigenvalue weighted by Gasteiger charge is -2.17. The monoisotopic (exact) mass is 311 g/mol. The average Bonchev–Trinajstić information content (AvgIpc) is 2.83. The summed E-state index contributed by atoms with van der Waals surface area (Å²) < 4.78 is 18.6. The van der Waals surface area contributed by atoms with Crippen molar-refractivity contribution in [1.29, 1.82) is 0 Å². The lowest BCUT2D eigenvalue weighted by Crippen LogP contribution is -2.20. The molecule has 1 unspecified atom stereocenters. The number of hydrogen-bond donors (Lipinski definition) is 1. The minimum absolute atomic E-state index is 0.113. The Morgan fingerprint density at radius 1 is 1.45 bits per heavy atom. The maximum atomic E-state index is 13.5. The third-order valence-electron chi connectivity index (χ3n) is 2.85. The van der Waals surface area contributed by atoms with E-state index in [1.54, 1.807) is 17.8 Å². The third-order valence-corrected chi connectivity index (χ3v) is 4.78. The Labute approximate surface area is 127 Å². The van der Waals surface area contributed by atoms with Crippen LogP contribution in [-0.4, -0.2) is 15.9 Å². The van der Waals surface area contributed by atoms with Gasteiger partial charge in [-0.25, -0.2) is 9.37 Å². The third kappa shape index (κ3) is 4.01. The number of benzene rings is 1. The molecule has 3 nitrogen and oxygen atoms in total. The molecule has 0 amide bonds. The van der Waals surface area contributed by atoms with Gasteiger partial charge >= 0.3 is 0 Å². The predicted molar refractivity (Wildman–Crippen MR) is 81.9 cm³/mol. The van der Waals surface area contributed by atoms with Crippen LogP contribution in [0.3, 0.4) is 0 Å². The molecule has 1 N–H and O–H groups in total. The van der Waals surface area contributed by atoms with Crippen LogP contribution in [0.25, 0.3) is 0 Å². The van der Waals surface area contributed by atoms with Crippen LogP contribution in [0.5, 0.6) is 0 Å². The molecule has 2 rings (SSSR count). The summed E-state index contributed by atoms with van der Waals surface area (Å²) in [6, 6.07) is 5.02. The van der Waals surface area contributed by atoms with Crippen molar-refractivity contribution in [2.24, 2.45) is 0 Å². The van der Waals surface area contributed by atoms with Gasteiger partial charge in [0.05, 0.1) is 0 Å². The SMILES string of the molecule is CCCNC(C)c1cc(F)ccc1Sc1nc(C)ns1. The van der Waals surface area contributed by atoms with Crippen LogP contribution in [-0.2, 0) is 0 Å². The minimum Gasteiger partial charge on any atom is -0.310 e. The first-order chi connectivity index (χ1) is 9.60. The number of halogens is 1. The zero-order chi connectivity index (χ0) is 14.5. The highest BCUT2D eigenvalue weighted by Crippen LogP contribution is 2.34. The number of rotatable bonds is 6. The van der Waals surface area contributed by atoms with Crippen molar-refractivity contribution in [3.8, 4) is 0 Å². The maximum Gasteiger partial charge on any atom is 0.174 e. The van der Waals surface area contributed by atoms with E-state index >= 15 is 0 Å². The molecule has 0 bridgehead atoms. The van der Waals surface area contributed by atoms with Crippen LogP contribution in [0.2, 0.25) is 0 Å². The van der Waals surface area contributed by atoms with Crippen LogP contribution >= 0.6 is 23.3 Å². The van der Waals surface area contributed by atoms with Gasteiger partial charge in [-0.15, -0.1) is 0 Å².